The molecule has 0 aliphatic heterocycles. The summed E-state index contributed by atoms with van der Waals surface area (Å²) in [5.74, 6) is 1.33. The third-order valence-electron chi connectivity index (χ3n) is 7.94. The number of fused-ring (bicyclic) bond motifs is 1. The molecule has 1 spiro atoms. The van der Waals surface area contributed by atoms with E-state index in [2.05, 4.69) is 22.5 Å². The molecule has 8 heteroatoms. The van der Waals surface area contributed by atoms with Crippen LogP contribution in [0, 0.1) is 5.41 Å². The van der Waals surface area contributed by atoms with Gasteiger partial charge in [-0.15, -0.1) is 0 Å². The van der Waals surface area contributed by atoms with Crippen LogP contribution in [0.3, 0.4) is 0 Å². The molecule has 2 saturated carbocycles. The van der Waals surface area contributed by atoms with Gasteiger partial charge in [-0.2, -0.15) is 5.10 Å². The molecule has 0 atom stereocenters. The number of carbonyl (C=O) groups excluding carboxylic acids is 1. The number of aliphatic hydroxyl groups is 2. The number of nitrogens with zero attached hydrogens (tertiary/aromatic N) is 2. The van der Waals surface area contributed by atoms with E-state index in [1.54, 1.807) is 36.8 Å². The predicted octanol–water partition coefficient (Wildman–Crippen LogP) is 4.76. The van der Waals surface area contributed by atoms with Crippen molar-refractivity contribution >= 4 is 11.4 Å². The van der Waals surface area contributed by atoms with Gasteiger partial charge in [0.1, 0.15) is 18.1 Å². The Bertz CT molecular complexity index is 1510. The van der Waals surface area contributed by atoms with E-state index >= 15 is 0 Å². The molecule has 208 valence electrons. The summed E-state index contributed by atoms with van der Waals surface area (Å²) < 4.78 is 13.5. The van der Waals surface area contributed by atoms with Crippen molar-refractivity contribution in [2.45, 2.75) is 63.9 Å². The van der Waals surface area contributed by atoms with Gasteiger partial charge < -0.3 is 25.0 Å². The standard InChI is InChI=1S/C32H35N3O5/c1-31(2,38)20-39-26-10-11-29-28(17-33-35(29)18-26)30(37)34-24-13-32(14-24)15-27(16-32)40-25-8-6-22(7-9-25)23-5-3-4-21(12-23)19-36/h3-12,17-18,24,27,36,38H,13-16,19-20H2,1-2H3,(H,34,37). The summed E-state index contributed by atoms with van der Waals surface area (Å²) in [5.41, 5.74) is 3.65. The van der Waals surface area contributed by atoms with Gasteiger partial charge in [0.15, 0.2) is 0 Å². The second-order valence-corrected chi connectivity index (χ2v) is 12.0. The zero-order chi connectivity index (χ0) is 27.9. The topological polar surface area (TPSA) is 105 Å². The maximum Gasteiger partial charge on any atom is 0.255 e. The minimum absolute atomic E-state index is 0.0336. The first-order valence-electron chi connectivity index (χ1n) is 13.8. The lowest BCUT2D eigenvalue weighted by atomic mass is 9.53. The van der Waals surface area contributed by atoms with E-state index in [-0.39, 0.29) is 36.7 Å². The second kappa shape index (κ2) is 10.3. The van der Waals surface area contributed by atoms with Crippen molar-refractivity contribution in [3.8, 4) is 22.6 Å². The van der Waals surface area contributed by atoms with Gasteiger partial charge in [0.25, 0.3) is 5.91 Å². The summed E-state index contributed by atoms with van der Waals surface area (Å²) in [6, 6.07) is 19.8. The SMILES string of the molecule is CC(C)(O)COc1ccc2c(C(=O)NC3CC4(C3)CC(Oc3ccc(-c5cccc(CO)c5)cc3)C4)cnn2c1. The Hall–Kier alpha value is -3.88. The molecule has 2 aliphatic carbocycles. The number of ether oxygens (including phenoxy) is 2. The van der Waals surface area contributed by atoms with E-state index in [1.807, 2.05) is 42.5 Å². The molecule has 6 rings (SSSR count). The van der Waals surface area contributed by atoms with Crippen molar-refractivity contribution in [3.05, 3.63) is 84.2 Å². The molecular formula is C32H35N3O5. The molecule has 2 aromatic heterocycles. The molecule has 0 unspecified atom stereocenters. The van der Waals surface area contributed by atoms with Crippen LogP contribution in [0.15, 0.2) is 73.1 Å². The highest BCUT2D eigenvalue weighted by Gasteiger charge is 2.54. The molecule has 0 saturated heterocycles. The van der Waals surface area contributed by atoms with Crippen LogP contribution in [0.5, 0.6) is 11.5 Å². The first-order valence-corrected chi connectivity index (χ1v) is 13.8. The highest BCUT2D eigenvalue weighted by Crippen LogP contribution is 2.56. The maximum atomic E-state index is 13.0. The largest absolute Gasteiger partial charge is 0.490 e. The third-order valence-corrected chi connectivity index (χ3v) is 7.94. The minimum Gasteiger partial charge on any atom is -0.490 e. The Morgan fingerprint density at radius 1 is 1.05 bits per heavy atom. The number of rotatable bonds is 9. The molecule has 40 heavy (non-hydrogen) atoms. The van der Waals surface area contributed by atoms with Gasteiger partial charge in [-0.1, -0.05) is 30.3 Å². The lowest BCUT2D eigenvalue weighted by Crippen LogP contribution is -2.58. The number of nitrogens with one attached hydrogen (secondary N) is 1. The van der Waals surface area contributed by atoms with Gasteiger partial charge in [-0.05, 0) is 92.0 Å². The smallest absolute Gasteiger partial charge is 0.255 e. The molecule has 0 radical (unpaired) electrons. The summed E-state index contributed by atoms with van der Waals surface area (Å²) in [4.78, 5) is 13.0. The Morgan fingerprint density at radius 2 is 1.80 bits per heavy atom. The Morgan fingerprint density at radius 3 is 2.52 bits per heavy atom. The van der Waals surface area contributed by atoms with Crippen LogP contribution >= 0.6 is 0 Å². The number of hydrogen-bond donors (Lipinski definition) is 3. The van der Waals surface area contributed by atoms with Gasteiger partial charge >= 0.3 is 0 Å². The quantitative estimate of drug-likeness (QED) is 0.282. The van der Waals surface area contributed by atoms with Crippen LogP contribution < -0.4 is 14.8 Å². The summed E-state index contributed by atoms with van der Waals surface area (Å²) in [5, 5.41) is 26.7. The van der Waals surface area contributed by atoms with E-state index in [0.29, 0.717) is 16.8 Å². The van der Waals surface area contributed by atoms with Crippen LogP contribution in [-0.4, -0.2) is 50.1 Å². The fraction of sp³-hybridized carbons (Fsp3) is 0.375. The summed E-state index contributed by atoms with van der Waals surface area (Å²) in [7, 11) is 0. The number of amides is 1. The van der Waals surface area contributed by atoms with Gasteiger partial charge in [0, 0.05) is 6.04 Å². The van der Waals surface area contributed by atoms with Gasteiger partial charge in [0.05, 0.1) is 41.8 Å². The molecule has 3 N–H and O–H groups in total. The van der Waals surface area contributed by atoms with Crippen molar-refractivity contribution in [1.29, 1.82) is 0 Å². The van der Waals surface area contributed by atoms with E-state index in [4.69, 9.17) is 9.47 Å². The second-order valence-electron chi connectivity index (χ2n) is 12.0. The van der Waals surface area contributed by atoms with Crippen molar-refractivity contribution in [3.63, 3.8) is 0 Å². The number of pyridine rings is 1. The number of benzene rings is 2. The molecule has 2 aromatic carbocycles. The molecule has 4 aromatic rings. The molecule has 8 nitrogen and oxygen atoms in total. The number of hydrogen-bond acceptors (Lipinski definition) is 6. The normalized spacial score (nSPS) is 22.0. The number of carbonyl (C=O) groups is 1. The minimum atomic E-state index is -0.933. The Balaban J connectivity index is 0.975. The first kappa shape index (κ1) is 26.3. The lowest BCUT2D eigenvalue weighted by molar-refractivity contribution is -0.0833. The molecule has 2 fully saturated rings. The van der Waals surface area contributed by atoms with E-state index in [9.17, 15) is 15.0 Å². The van der Waals surface area contributed by atoms with E-state index in [1.165, 1.54) is 0 Å². The maximum absolute atomic E-state index is 13.0. The van der Waals surface area contributed by atoms with Crippen LogP contribution in [0.25, 0.3) is 16.6 Å². The van der Waals surface area contributed by atoms with Crippen molar-refractivity contribution in [2.75, 3.05) is 6.61 Å². The fourth-order valence-corrected chi connectivity index (χ4v) is 5.93. The van der Waals surface area contributed by atoms with E-state index < -0.39 is 5.60 Å². The third kappa shape index (κ3) is 5.55. The summed E-state index contributed by atoms with van der Waals surface area (Å²) >= 11 is 0. The van der Waals surface area contributed by atoms with Crippen molar-refractivity contribution in [2.24, 2.45) is 5.41 Å². The fourth-order valence-electron chi connectivity index (χ4n) is 5.93. The summed E-state index contributed by atoms with van der Waals surface area (Å²) in [6.07, 6.45) is 7.44. The Kier molecular flexibility index (Phi) is 6.76. The average molecular weight is 542 g/mol. The first-order chi connectivity index (χ1) is 19.2. The van der Waals surface area contributed by atoms with E-state index in [0.717, 1.165) is 48.1 Å². The van der Waals surface area contributed by atoms with Crippen LogP contribution in [0.2, 0.25) is 0 Å². The molecule has 0 bridgehead atoms. The van der Waals surface area contributed by atoms with Crippen LogP contribution in [-0.2, 0) is 6.61 Å². The highest BCUT2D eigenvalue weighted by atomic mass is 16.5. The van der Waals surface area contributed by atoms with Gasteiger partial charge in [-0.3, -0.25) is 4.79 Å². The highest BCUT2D eigenvalue weighted by molar-refractivity contribution is 6.00. The van der Waals surface area contributed by atoms with Crippen molar-refractivity contribution < 1.29 is 24.5 Å². The van der Waals surface area contributed by atoms with Gasteiger partial charge in [0.2, 0.25) is 0 Å². The molecule has 2 heterocycles. The monoisotopic (exact) mass is 541 g/mol. The molecule has 2 aliphatic rings. The molecular weight excluding hydrogens is 506 g/mol. The van der Waals surface area contributed by atoms with Crippen LogP contribution in [0.4, 0.5) is 0 Å². The number of aromatic nitrogens is 2. The zero-order valence-corrected chi connectivity index (χ0v) is 22.8. The van der Waals surface area contributed by atoms with Crippen molar-refractivity contribution in [1.82, 2.24) is 14.9 Å². The zero-order valence-electron chi connectivity index (χ0n) is 22.8. The summed E-state index contributed by atoms with van der Waals surface area (Å²) in [6.45, 7) is 3.56. The molecule has 1 amide bonds. The number of aliphatic hydroxyl groups excluding tert-OH is 1. The Labute approximate surface area is 233 Å². The average Bonchev–Trinajstić information content (AvgIpc) is 3.33. The lowest BCUT2D eigenvalue weighted by Gasteiger charge is -2.57. The van der Waals surface area contributed by atoms with Crippen LogP contribution in [0.1, 0.15) is 55.5 Å². The predicted molar refractivity (Wildman–Crippen MR) is 151 cm³/mol. The van der Waals surface area contributed by atoms with Gasteiger partial charge in [-0.25, -0.2) is 4.52 Å².